The number of hydrogen-bond acceptors (Lipinski definition) is 5. The number of benzene rings is 2. The molecular formula is C20H19F2NO4S. The van der Waals surface area contributed by atoms with Gasteiger partial charge in [0.1, 0.15) is 22.8 Å². The summed E-state index contributed by atoms with van der Waals surface area (Å²) >= 11 is 1.38. The molecule has 1 aliphatic heterocycles. The topological polar surface area (TPSA) is 55.8 Å². The maximum atomic E-state index is 14.1. The van der Waals surface area contributed by atoms with Crippen molar-refractivity contribution in [1.82, 2.24) is 4.90 Å². The van der Waals surface area contributed by atoms with Gasteiger partial charge < -0.3 is 14.4 Å². The van der Waals surface area contributed by atoms with Gasteiger partial charge in [-0.25, -0.2) is 13.6 Å². The second-order valence-electron chi connectivity index (χ2n) is 6.05. The van der Waals surface area contributed by atoms with E-state index in [9.17, 15) is 18.4 Å². The lowest BCUT2D eigenvalue weighted by Crippen LogP contribution is -2.28. The molecule has 28 heavy (non-hydrogen) atoms. The van der Waals surface area contributed by atoms with Gasteiger partial charge in [-0.3, -0.25) is 4.79 Å². The van der Waals surface area contributed by atoms with E-state index in [0.717, 1.165) is 12.1 Å². The highest BCUT2D eigenvalue weighted by molar-refractivity contribution is 8.00. The quantitative estimate of drug-likeness (QED) is 0.656. The first-order chi connectivity index (χ1) is 13.5. The predicted octanol–water partition coefficient (Wildman–Crippen LogP) is 3.68. The highest BCUT2D eigenvalue weighted by Gasteiger charge is 2.35. The molecule has 1 amide bonds. The summed E-state index contributed by atoms with van der Waals surface area (Å²) in [5.74, 6) is -1.32. The van der Waals surface area contributed by atoms with Crippen molar-refractivity contribution in [3.05, 3.63) is 65.2 Å². The smallest absolute Gasteiger partial charge is 0.344 e. The largest absolute Gasteiger partial charge is 0.482 e. The van der Waals surface area contributed by atoms with Crippen LogP contribution in [0.3, 0.4) is 0 Å². The van der Waals surface area contributed by atoms with Crippen LogP contribution in [0, 0.1) is 11.6 Å². The third kappa shape index (κ3) is 4.62. The van der Waals surface area contributed by atoms with Gasteiger partial charge in [0.25, 0.3) is 0 Å². The molecule has 0 spiro atoms. The molecule has 5 nitrogen and oxygen atoms in total. The molecule has 8 heteroatoms. The average Bonchev–Trinajstić information content (AvgIpc) is 3.03. The Morgan fingerprint density at radius 2 is 2.04 bits per heavy atom. The monoisotopic (exact) mass is 407 g/mol. The molecule has 2 aromatic carbocycles. The number of esters is 1. The van der Waals surface area contributed by atoms with Crippen LogP contribution in [-0.2, 0) is 20.9 Å². The highest BCUT2D eigenvalue weighted by Crippen LogP contribution is 2.43. The van der Waals surface area contributed by atoms with Gasteiger partial charge >= 0.3 is 5.97 Å². The maximum absolute atomic E-state index is 14.1. The summed E-state index contributed by atoms with van der Waals surface area (Å²) in [5, 5.41) is -0.407. The zero-order valence-electron chi connectivity index (χ0n) is 15.2. The van der Waals surface area contributed by atoms with Crippen LogP contribution in [0.5, 0.6) is 5.75 Å². The van der Waals surface area contributed by atoms with Gasteiger partial charge in [0.05, 0.1) is 18.9 Å². The van der Waals surface area contributed by atoms with Crippen molar-refractivity contribution in [1.29, 1.82) is 0 Å². The fourth-order valence-corrected chi connectivity index (χ4v) is 4.08. The predicted molar refractivity (Wildman–Crippen MR) is 101 cm³/mol. The first kappa shape index (κ1) is 20.1. The van der Waals surface area contributed by atoms with Crippen molar-refractivity contribution in [2.24, 2.45) is 0 Å². The number of hydrogen-bond donors (Lipinski definition) is 0. The van der Waals surface area contributed by atoms with Crippen LogP contribution >= 0.6 is 11.8 Å². The summed E-state index contributed by atoms with van der Waals surface area (Å²) in [5.41, 5.74) is 0.928. The van der Waals surface area contributed by atoms with E-state index in [0.29, 0.717) is 11.3 Å². The molecule has 0 bridgehead atoms. The fourth-order valence-electron chi connectivity index (χ4n) is 2.87. The number of carbonyl (C=O) groups excluding carboxylic acids is 2. The Kier molecular flexibility index (Phi) is 6.51. The molecule has 1 saturated heterocycles. The number of halogens is 2. The van der Waals surface area contributed by atoms with Crippen LogP contribution < -0.4 is 4.74 Å². The van der Waals surface area contributed by atoms with E-state index in [1.165, 1.54) is 22.7 Å². The molecular weight excluding hydrogens is 388 g/mol. The van der Waals surface area contributed by atoms with E-state index in [1.54, 1.807) is 31.2 Å². The van der Waals surface area contributed by atoms with Gasteiger partial charge in [0, 0.05) is 17.2 Å². The Balaban J connectivity index is 1.81. The molecule has 1 fully saturated rings. The average molecular weight is 407 g/mol. The summed E-state index contributed by atoms with van der Waals surface area (Å²) < 4.78 is 37.7. The van der Waals surface area contributed by atoms with Gasteiger partial charge in [-0.15, -0.1) is 11.8 Å². The number of nitrogens with zero attached hydrogens (tertiary/aromatic N) is 1. The molecule has 1 atom stereocenters. The van der Waals surface area contributed by atoms with Crippen LogP contribution in [0.25, 0.3) is 0 Å². The van der Waals surface area contributed by atoms with Gasteiger partial charge in [0.2, 0.25) is 5.91 Å². The molecule has 1 heterocycles. The van der Waals surface area contributed by atoms with Crippen molar-refractivity contribution < 1.29 is 27.8 Å². The second kappa shape index (κ2) is 9.05. The molecule has 0 aliphatic carbocycles. The summed E-state index contributed by atoms with van der Waals surface area (Å²) in [6.07, 6.45) is 0. The van der Waals surface area contributed by atoms with E-state index >= 15 is 0 Å². The van der Waals surface area contributed by atoms with Crippen LogP contribution in [0.1, 0.15) is 23.4 Å². The lowest BCUT2D eigenvalue weighted by molar-refractivity contribution is -0.145. The van der Waals surface area contributed by atoms with Gasteiger partial charge in [-0.1, -0.05) is 24.3 Å². The Morgan fingerprint density at radius 3 is 2.79 bits per heavy atom. The Morgan fingerprint density at radius 1 is 1.25 bits per heavy atom. The molecule has 0 saturated carbocycles. The molecule has 1 unspecified atom stereocenters. The van der Waals surface area contributed by atoms with Gasteiger partial charge in [0.15, 0.2) is 6.61 Å². The van der Waals surface area contributed by atoms with Crippen LogP contribution in [-0.4, -0.2) is 35.7 Å². The van der Waals surface area contributed by atoms with Crippen molar-refractivity contribution >= 4 is 23.6 Å². The number of thioether (sulfide) groups is 1. The Hall–Kier alpha value is -2.61. The Labute approximate surface area is 165 Å². The maximum Gasteiger partial charge on any atom is 0.344 e. The zero-order valence-corrected chi connectivity index (χ0v) is 16.0. The minimum Gasteiger partial charge on any atom is -0.482 e. The molecule has 3 rings (SSSR count). The van der Waals surface area contributed by atoms with E-state index in [-0.39, 0.29) is 37.0 Å². The first-order valence-corrected chi connectivity index (χ1v) is 9.76. The molecule has 0 radical (unpaired) electrons. The first-order valence-electron chi connectivity index (χ1n) is 8.72. The number of rotatable bonds is 7. The SMILES string of the molecule is CCOC(=O)COc1ccccc1C1SCC(=O)N1Cc1ccc(F)cc1F. The molecule has 148 valence electrons. The molecule has 2 aromatic rings. The highest BCUT2D eigenvalue weighted by atomic mass is 32.2. The summed E-state index contributed by atoms with van der Waals surface area (Å²) in [7, 11) is 0. The Bertz CT molecular complexity index is 877. The van der Waals surface area contributed by atoms with Gasteiger partial charge in [-0.2, -0.15) is 0 Å². The number of ether oxygens (including phenoxy) is 2. The number of carbonyl (C=O) groups is 2. The van der Waals surface area contributed by atoms with Crippen molar-refractivity contribution in [2.45, 2.75) is 18.8 Å². The molecule has 0 aromatic heterocycles. The van der Waals surface area contributed by atoms with E-state index in [2.05, 4.69) is 0 Å². The van der Waals surface area contributed by atoms with Crippen LogP contribution in [0.2, 0.25) is 0 Å². The standard InChI is InChI=1S/C20H19F2NO4S/c1-2-26-19(25)11-27-17-6-4-3-5-15(17)20-23(18(24)12-28-20)10-13-7-8-14(21)9-16(13)22/h3-9,20H,2,10-12H2,1H3. The fraction of sp³-hybridized carbons (Fsp3) is 0.300. The third-order valence-electron chi connectivity index (χ3n) is 4.16. The lowest BCUT2D eigenvalue weighted by Gasteiger charge is -2.26. The number of amides is 1. The van der Waals surface area contributed by atoms with Crippen molar-refractivity contribution in [2.75, 3.05) is 19.0 Å². The van der Waals surface area contributed by atoms with E-state index < -0.39 is 23.0 Å². The zero-order chi connectivity index (χ0) is 20.1. The summed E-state index contributed by atoms with van der Waals surface area (Å²) in [4.78, 5) is 25.5. The van der Waals surface area contributed by atoms with Crippen molar-refractivity contribution in [3.63, 3.8) is 0 Å². The van der Waals surface area contributed by atoms with Gasteiger partial charge in [-0.05, 0) is 19.1 Å². The van der Waals surface area contributed by atoms with Crippen LogP contribution in [0.4, 0.5) is 8.78 Å². The van der Waals surface area contributed by atoms with E-state index in [1.807, 2.05) is 0 Å². The minimum absolute atomic E-state index is 0.00875. The van der Waals surface area contributed by atoms with Crippen LogP contribution in [0.15, 0.2) is 42.5 Å². The summed E-state index contributed by atoms with van der Waals surface area (Å²) in [6.45, 7) is 1.73. The van der Waals surface area contributed by atoms with E-state index in [4.69, 9.17) is 9.47 Å². The lowest BCUT2D eigenvalue weighted by atomic mass is 10.1. The molecule has 0 N–H and O–H groups in total. The second-order valence-corrected chi connectivity index (χ2v) is 7.12. The minimum atomic E-state index is -0.699. The van der Waals surface area contributed by atoms with Crippen molar-refractivity contribution in [3.8, 4) is 5.75 Å². The number of para-hydroxylation sites is 1. The normalized spacial score (nSPS) is 16.3. The molecule has 1 aliphatic rings. The summed E-state index contributed by atoms with van der Waals surface area (Å²) in [6, 6.07) is 10.4. The third-order valence-corrected chi connectivity index (χ3v) is 5.40.